The van der Waals surface area contributed by atoms with Crippen LogP contribution in [0.2, 0.25) is 0 Å². The summed E-state index contributed by atoms with van der Waals surface area (Å²) < 4.78 is 0. The lowest BCUT2D eigenvalue weighted by Crippen LogP contribution is -1.92. The third-order valence-corrected chi connectivity index (χ3v) is 4.50. The molecule has 2 nitrogen and oxygen atoms in total. The summed E-state index contributed by atoms with van der Waals surface area (Å²) in [7, 11) is 0. The van der Waals surface area contributed by atoms with E-state index < -0.39 is 0 Å². The fourth-order valence-corrected chi connectivity index (χ4v) is 3.05. The third kappa shape index (κ3) is 5.16. The summed E-state index contributed by atoms with van der Waals surface area (Å²) in [6.45, 7) is 4.43. The fourth-order valence-electron chi connectivity index (χ4n) is 2.05. The van der Waals surface area contributed by atoms with Crippen molar-refractivity contribution in [1.82, 2.24) is 9.97 Å². The van der Waals surface area contributed by atoms with Crippen molar-refractivity contribution in [1.29, 1.82) is 0 Å². The van der Waals surface area contributed by atoms with Crippen LogP contribution < -0.4 is 0 Å². The first kappa shape index (κ1) is 16.0. The first-order valence-corrected chi connectivity index (χ1v) is 8.86. The SMILES string of the molecule is CCCCSc1ccc(-c2ncc(CCCC)cn2)cc1. The normalized spacial score (nSPS) is 10.8. The monoisotopic (exact) mass is 300 g/mol. The molecule has 3 heteroatoms. The number of hydrogen-bond donors (Lipinski definition) is 0. The van der Waals surface area contributed by atoms with Crippen LogP contribution in [-0.4, -0.2) is 15.7 Å². The van der Waals surface area contributed by atoms with Crippen LogP contribution in [0.3, 0.4) is 0 Å². The highest BCUT2D eigenvalue weighted by molar-refractivity contribution is 7.99. The standard InChI is InChI=1S/C18H24N2S/c1-3-5-7-15-13-19-18(20-14-15)16-8-10-17(11-9-16)21-12-6-4-2/h8-11,13-14H,3-7,12H2,1-2H3. The molecule has 0 aliphatic heterocycles. The van der Waals surface area contributed by atoms with E-state index in [-0.39, 0.29) is 0 Å². The van der Waals surface area contributed by atoms with Crippen LogP contribution >= 0.6 is 11.8 Å². The van der Waals surface area contributed by atoms with Crippen molar-refractivity contribution in [2.45, 2.75) is 50.8 Å². The first-order valence-electron chi connectivity index (χ1n) is 7.87. The van der Waals surface area contributed by atoms with Crippen molar-refractivity contribution in [3.63, 3.8) is 0 Å². The van der Waals surface area contributed by atoms with Crippen molar-refractivity contribution in [3.05, 3.63) is 42.2 Å². The predicted molar refractivity (Wildman–Crippen MR) is 91.7 cm³/mol. The van der Waals surface area contributed by atoms with E-state index in [1.165, 1.54) is 41.9 Å². The maximum atomic E-state index is 4.49. The largest absolute Gasteiger partial charge is 0.236 e. The van der Waals surface area contributed by atoms with E-state index in [0.717, 1.165) is 17.8 Å². The number of nitrogens with zero attached hydrogens (tertiary/aromatic N) is 2. The van der Waals surface area contributed by atoms with E-state index in [1.54, 1.807) is 0 Å². The van der Waals surface area contributed by atoms with E-state index in [1.807, 2.05) is 24.2 Å². The maximum absolute atomic E-state index is 4.49. The number of unbranched alkanes of at least 4 members (excludes halogenated alkanes) is 2. The molecule has 1 aromatic heterocycles. The molecular formula is C18H24N2S. The summed E-state index contributed by atoms with van der Waals surface area (Å²) >= 11 is 1.92. The molecule has 0 unspecified atom stereocenters. The molecule has 2 rings (SSSR count). The lowest BCUT2D eigenvalue weighted by molar-refractivity contribution is 0.788. The molecule has 0 spiro atoms. The Labute approximate surface area is 132 Å². The Morgan fingerprint density at radius 3 is 2.19 bits per heavy atom. The van der Waals surface area contributed by atoms with Gasteiger partial charge in [0.1, 0.15) is 0 Å². The van der Waals surface area contributed by atoms with Gasteiger partial charge in [0.05, 0.1) is 0 Å². The average molecular weight is 300 g/mol. The van der Waals surface area contributed by atoms with Crippen LogP contribution in [-0.2, 0) is 6.42 Å². The van der Waals surface area contributed by atoms with E-state index >= 15 is 0 Å². The highest BCUT2D eigenvalue weighted by atomic mass is 32.2. The molecule has 2 aromatic rings. The first-order chi connectivity index (χ1) is 10.3. The van der Waals surface area contributed by atoms with Crippen LogP contribution in [0.15, 0.2) is 41.6 Å². The lowest BCUT2D eigenvalue weighted by Gasteiger charge is -2.04. The zero-order valence-corrected chi connectivity index (χ0v) is 13.8. The fraction of sp³-hybridized carbons (Fsp3) is 0.444. The molecule has 0 aliphatic rings. The molecular weight excluding hydrogens is 276 g/mol. The molecule has 0 saturated heterocycles. The van der Waals surface area contributed by atoms with Gasteiger partial charge < -0.3 is 0 Å². The maximum Gasteiger partial charge on any atom is 0.159 e. The Balaban J connectivity index is 1.97. The number of thioether (sulfide) groups is 1. The van der Waals surface area contributed by atoms with Gasteiger partial charge in [0, 0.05) is 22.9 Å². The molecule has 0 radical (unpaired) electrons. The molecule has 112 valence electrons. The molecule has 1 aromatic carbocycles. The number of rotatable bonds is 8. The second-order valence-corrected chi connectivity index (χ2v) is 6.41. The Morgan fingerprint density at radius 1 is 0.905 bits per heavy atom. The van der Waals surface area contributed by atoms with E-state index in [2.05, 4.69) is 48.1 Å². The van der Waals surface area contributed by atoms with Gasteiger partial charge in [-0.1, -0.05) is 38.8 Å². The topological polar surface area (TPSA) is 25.8 Å². The Kier molecular flexibility index (Phi) is 6.74. The molecule has 0 aliphatic carbocycles. The van der Waals surface area contributed by atoms with Gasteiger partial charge in [0.25, 0.3) is 0 Å². The summed E-state index contributed by atoms with van der Waals surface area (Å²) in [5.74, 6) is 2.01. The van der Waals surface area contributed by atoms with Gasteiger partial charge in [-0.3, -0.25) is 0 Å². The summed E-state index contributed by atoms with van der Waals surface area (Å²) in [6, 6.07) is 8.58. The van der Waals surface area contributed by atoms with Gasteiger partial charge in [-0.25, -0.2) is 9.97 Å². The minimum atomic E-state index is 0.820. The van der Waals surface area contributed by atoms with Gasteiger partial charge in [-0.15, -0.1) is 11.8 Å². The van der Waals surface area contributed by atoms with Crippen LogP contribution in [0.25, 0.3) is 11.4 Å². The number of aryl methyl sites for hydroxylation is 1. The van der Waals surface area contributed by atoms with Gasteiger partial charge in [0.2, 0.25) is 0 Å². The zero-order chi connectivity index (χ0) is 14.9. The van der Waals surface area contributed by atoms with E-state index in [0.29, 0.717) is 0 Å². The molecule has 0 atom stereocenters. The molecule has 21 heavy (non-hydrogen) atoms. The van der Waals surface area contributed by atoms with E-state index in [4.69, 9.17) is 0 Å². The van der Waals surface area contributed by atoms with Crippen LogP contribution in [0.1, 0.15) is 45.1 Å². The van der Waals surface area contributed by atoms with Crippen LogP contribution in [0.4, 0.5) is 0 Å². The minimum Gasteiger partial charge on any atom is -0.236 e. The van der Waals surface area contributed by atoms with Gasteiger partial charge in [-0.05, 0) is 42.7 Å². The lowest BCUT2D eigenvalue weighted by atomic mass is 10.1. The van der Waals surface area contributed by atoms with Crippen molar-refractivity contribution < 1.29 is 0 Å². The summed E-state index contributed by atoms with van der Waals surface area (Å²) in [4.78, 5) is 10.3. The third-order valence-electron chi connectivity index (χ3n) is 3.40. The number of aromatic nitrogens is 2. The van der Waals surface area contributed by atoms with Crippen LogP contribution in [0, 0.1) is 0 Å². The van der Waals surface area contributed by atoms with Crippen molar-refractivity contribution in [2.24, 2.45) is 0 Å². The van der Waals surface area contributed by atoms with Gasteiger partial charge in [-0.2, -0.15) is 0 Å². The molecule has 1 heterocycles. The Hall–Kier alpha value is -1.35. The second kappa shape index (κ2) is 8.83. The van der Waals surface area contributed by atoms with Crippen molar-refractivity contribution in [3.8, 4) is 11.4 Å². The number of benzene rings is 1. The zero-order valence-electron chi connectivity index (χ0n) is 13.0. The number of hydrogen-bond acceptors (Lipinski definition) is 3. The van der Waals surface area contributed by atoms with Crippen LogP contribution in [0.5, 0.6) is 0 Å². The highest BCUT2D eigenvalue weighted by Gasteiger charge is 2.02. The highest BCUT2D eigenvalue weighted by Crippen LogP contribution is 2.23. The Morgan fingerprint density at radius 2 is 1.57 bits per heavy atom. The van der Waals surface area contributed by atoms with Crippen molar-refractivity contribution >= 4 is 11.8 Å². The molecule has 0 amide bonds. The Bertz CT molecular complexity index is 520. The molecule has 0 fully saturated rings. The minimum absolute atomic E-state index is 0.820. The average Bonchev–Trinajstić information content (AvgIpc) is 2.54. The summed E-state index contributed by atoms with van der Waals surface area (Å²) in [6.07, 6.45) is 9.93. The predicted octanol–water partition coefficient (Wildman–Crippen LogP) is 5.38. The quantitative estimate of drug-likeness (QED) is 0.483. The second-order valence-electron chi connectivity index (χ2n) is 5.24. The van der Waals surface area contributed by atoms with Gasteiger partial charge in [0.15, 0.2) is 5.82 Å². The van der Waals surface area contributed by atoms with Gasteiger partial charge >= 0.3 is 0 Å². The van der Waals surface area contributed by atoms with Crippen molar-refractivity contribution in [2.75, 3.05) is 5.75 Å². The molecule has 0 saturated carbocycles. The molecule has 0 N–H and O–H groups in total. The van der Waals surface area contributed by atoms with E-state index in [9.17, 15) is 0 Å². The molecule has 0 bridgehead atoms. The smallest absolute Gasteiger partial charge is 0.159 e. The summed E-state index contributed by atoms with van der Waals surface area (Å²) in [5.41, 5.74) is 2.32. The summed E-state index contributed by atoms with van der Waals surface area (Å²) in [5, 5.41) is 0.